The van der Waals surface area contributed by atoms with Gasteiger partial charge in [0.05, 0.1) is 6.10 Å². The quantitative estimate of drug-likeness (QED) is 0.545. The number of carbonyl (C=O) groups excluding carboxylic acids is 1. The average Bonchev–Trinajstić information content (AvgIpc) is 2.28. The third kappa shape index (κ3) is 3.03. The summed E-state index contributed by atoms with van der Waals surface area (Å²) in [5, 5.41) is 27.8. The summed E-state index contributed by atoms with van der Waals surface area (Å²) in [5.41, 5.74) is 5.77. The first kappa shape index (κ1) is 12.6. The van der Waals surface area contributed by atoms with Gasteiger partial charge in [0.2, 0.25) is 5.91 Å². The van der Waals surface area contributed by atoms with Crippen LogP contribution in [0.15, 0.2) is 24.3 Å². The van der Waals surface area contributed by atoms with E-state index in [1.165, 1.54) is 12.1 Å². The SMILES string of the molecule is NC(=O)c1cccc(C(O)C(O)CCO)c1. The molecule has 0 saturated heterocycles. The van der Waals surface area contributed by atoms with Crippen molar-refractivity contribution in [2.24, 2.45) is 5.73 Å². The van der Waals surface area contributed by atoms with Crippen LogP contribution in [-0.2, 0) is 0 Å². The lowest BCUT2D eigenvalue weighted by molar-refractivity contribution is 0.00418. The number of rotatable bonds is 5. The summed E-state index contributed by atoms with van der Waals surface area (Å²) in [5.74, 6) is -0.592. The van der Waals surface area contributed by atoms with E-state index in [0.717, 1.165) is 0 Å². The molecule has 0 heterocycles. The Labute approximate surface area is 93.1 Å². The lowest BCUT2D eigenvalue weighted by atomic mass is 10.0. The van der Waals surface area contributed by atoms with Gasteiger partial charge in [-0.1, -0.05) is 12.1 Å². The molecule has 16 heavy (non-hydrogen) atoms. The molecule has 0 radical (unpaired) electrons. The number of hydrogen-bond acceptors (Lipinski definition) is 4. The molecule has 5 N–H and O–H groups in total. The summed E-state index contributed by atoms with van der Waals surface area (Å²) in [7, 11) is 0. The van der Waals surface area contributed by atoms with Crippen molar-refractivity contribution in [2.75, 3.05) is 6.61 Å². The minimum atomic E-state index is -1.13. The molecule has 0 aromatic heterocycles. The molecule has 0 saturated carbocycles. The molecule has 0 aliphatic heterocycles. The van der Waals surface area contributed by atoms with E-state index in [-0.39, 0.29) is 18.6 Å². The smallest absolute Gasteiger partial charge is 0.248 e. The second kappa shape index (κ2) is 5.60. The van der Waals surface area contributed by atoms with E-state index in [1.54, 1.807) is 12.1 Å². The highest BCUT2D eigenvalue weighted by atomic mass is 16.3. The lowest BCUT2D eigenvalue weighted by Crippen LogP contribution is -2.20. The summed E-state index contributed by atoms with van der Waals surface area (Å²) in [6, 6.07) is 6.10. The molecule has 0 aliphatic rings. The van der Waals surface area contributed by atoms with Gasteiger partial charge in [-0.15, -0.1) is 0 Å². The first-order valence-corrected chi connectivity index (χ1v) is 4.93. The van der Waals surface area contributed by atoms with Crippen LogP contribution in [0.3, 0.4) is 0 Å². The number of nitrogens with two attached hydrogens (primary N) is 1. The van der Waals surface area contributed by atoms with Crippen molar-refractivity contribution >= 4 is 5.91 Å². The van der Waals surface area contributed by atoms with Gasteiger partial charge < -0.3 is 21.1 Å². The number of hydrogen-bond donors (Lipinski definition) is 4. The second-order valence-corrected chi connectivity index (χ2v) is 3.51. The second-order valence-electron chi connectivity index (χ2n) is 3.51. The molecule has 1 aromatic rings. The van der Waals surface area contributed by atoms with E-state index in [0.29, 0.717) is 5.56 Å². The first-order chi connectivity index (χ1) is 7.56. The molecule has 0 spiro atoms. The Balaban J connectivity index is 2.86. The van der Waals surface area contributed by atoms with Crippen molar-refractivity contribution in [1.29, 1.82) is 0 Å². The molecule has 1 amide bonds. The monoisotopic (exact) mass is 225 g/mol. The highest BCUT2D eigenvalue weighted by Crippen LogP contribution is 2.19. The molecule has 0 bridgehead atoms. The Morgan fingerprint density at radius 3 is 2.62 bits per heavy atom. The third-order valence-corrected chi connectivity index (χ3v) is 2.30. The molecule has 1 rings (SSSR count). The predicted molar refractivity (Wildman–Crippen MR) is 57.6 cm³/mol. The molecule has 1 aromatic carbocycles. The Morgan fingerprint density at radius 1 is 1.38 bits per heavy atom. The number of aliphatic hydroxyl groups excluding tert-OH is 3. The molecule has 2 unspecified atom stereocenters. The molecule has 5 nitrogen and oxygen atoms in total. The fraction of sp³-hybridized carbons (Fsp3) is 0.364. The van der Waals surface area contributed by atoms with Crippen LogP contribution in [-0.4, -0.2) is 33.9 Å². The van der Waals surface area contributed by atoms with Crippen LogP contribution in [0.4, 0.5) is 0 Å². The number of primary amides is 1. The van der Waals surface area contributed by atoms with Crippen LogP contribution in [0.1, 0.15) is 28.4 Å². The zero-order chi connectivity index (χ0) is 12.1. The van der Waals surface area contributed by atoms with Crippen LogP contribution in [0, 0.1) is 0 Å². The van der Waals surface area contributed by atoms with Gasteiger partial charge in [-0.25, -0.2) is 0 Å². The molecule has 2 atom stereocenters. The van der Waals surface area contributed by atoms with Crippen LogP contribution in [0.2, 0.25) is 0 Å². The van der Waals surface area contributed by atoms with Crippen molar-refractivity contribution in [3.05, 3.63) is 35.4 Å². The third-order valence-electron chi connectivity index (χ3n) is 2.30. The zero-order valence-electron chi connectivity index (χ0n) is 8.71. The van der Waals surface area contributed by atoms with Crippen LogP contribution in [0.5, 0.6) is 0 Å². The fourth-order valence-corrected chi connectivity index (χ4v) is 1.39. The summed E-state index contributed by atoms with van der Waals surface area (Å²) >= 11 is 0. The minimum Gasteiger partial charge on any atom is -0.396 e. The Hall–Kier alpha value is -1.43. The summed E-state index contributed by atoms with van der Waals surface area (Å²) < 4.78 is 0. The van der Waals surface area contributed by atoms with Crippen molar-refractivity contribution < 1.29 is 20.1 Å². The standard InChI is InChI=1S/C11H15NO4/c12-11(16)8-3-1-2-7(6-8)10(15)9(14)4-5-13/h1-3,6,9-10,13-15H,4-5H2,(H2,12,16). The van der Waals surface area contributed by atoms with E-state index in [4.69, 9.17) is 10.8 Å². The van der Waals surface area contributed by atoms with E-state index in [1.807, 2.05) is 0 Å². The first-order valence-electron chi connectivity index (χ1n) is 4.93. The van der Waals surface area contributed by atoms with Crippen LogP contribution < -0.4 is 5.73 Å². The van der Waals surface area contributed by atoms with Gasteiger partial charge in [-0.05, 0) is 24.1 Å². The van der Waals surface area contributed by atoms with Gasteiger partial charge in [-0.3, -0.25) is 4.79 Å². The Morgan fingerprint density at radius 2 is 2.06 bits per heavy atom. The van der Waals surface area contributed by atoms with Gasteiger partial charge in [0, 0.05) is 12.2 Å². The zero-order valence-corrected chi connectivity index (χ0v) is 8.71. The highest BCUT2D eigenvalue weighted by Gasteiger charge is 2.18. The molecule has 5 heteroatoms. The van der Waals surface area contributed by atoms with Crippen molar-refractivity contribution in [1.82, 2.24) is 0 Å². The summed E-state index contributed by atoms with van der Waals surface area (Å²) in [6.07, 6.45) is -2.12. The van der Waals surface area contributed by atoms with Crippen molar-refractivity contribution in [3.63, 3.8) is 0 Å². The van der Waals surface area contributed by atoms with Crippen molar-refractivity contribution in [2.45, 2.75) is 18.6 Å². The molecule has 88 valence electrons. The largest absolute Gasteiger partial charge is 0.396 e. The fourth-order valence-electron chi connectivity index (χ4n) is 1.39. The summed E-state index contributed by atoms with van der Waals surface area (Å²) in [4.78, 5) is 10.9. The number of amides is 1. The van der Waals surface area contributed by atoms with Gasteiger partial charge in [0.1, 0.15) is 6.10 Å². The maximum Gasteiger partial charge on any atom is 0.248 e. The Kier molecular flexibility index (Phi) is 4.42. The number of benzene rings is 1. The highest BCUT2D eigenvalue weighted by molar-refractivity contribution is 5.92. The van der Waals surface area contributed by atoms with Gasteiger partial charge in [0.25, 0.3) is 0 Å². The van der Waals surface area contributed by atoms with Gasteiger partial charge in [0.15, 0.2) is 0 Å². The van der Waals surface area contributed by atoms with E-state index >= 15 is 0 Å². The van der Waals surface area contributed by atoms with Gasteiger partial charge >= 0.3 is 0 Å². The Bertz CT molecular complexity index is 367. The maximum atomic E-state index is 10.9. The van der Waals surface area contributed by atoms with Crippen LogP contribution >= 0.6 is 0 Å². The minimum absolute atomic E-state index is 0.0714. The topological polar surface area (TPSA) is 104 Å². The number of aliphatic hydroxyl groups is 3. The lowest BCUT2D eigenvalue weighted by Gasteiger charge is -2.17. The van der Waals surface area contributed by atoms with E-state index < -0.39 is 18.1 Å². The molecular weight excluding hydrogens is 210 g/mol. The predicted octanol–water partition coefficient (Wildman–Crippen LogP) is -0.438. The number of carbonyl (C=O) groups is 1. The van der Waals surface area contributed by atoms with Gasteiger partial charge in [-0.2, -0.15) is 0 Å². The van der Waals surface area contributed by atoms with Crippen LogP contribution in [0.25, 0.3) is 0 Å². The average molecular weight is 225 g/mol. The van der Waals surface area contributed by atoms with Crippen molar-refractivity contribution in [3.8, 4) is 0 Å². The molecule has 0 fully saturated rings. The molecular formula is C11H15NO4. The summed E-state index contributed by atoms with van der Waals surface area (Å²) in [6.45, 7) is -0.215. The van der Waals surface area contributed by atoms with E-state index in [9.17, 15) is 15.0 Å². The maximum absolute atomic E-state index is 10.9. The molecule has 0 aliphatic carbocycles. The van der Waals surface area contributed by atoms with E-state index in [2.05, 4.69) is 0 Å². The normalized spacial score (nSPS) is 14.4.